The molecule has 1 amide bonds. The number of benzene rings is 1. The summed E-state index contributed by atoms with van der Waals surface area (Å²) < 4.78 is 1.96. The molecule has 1 aromatic carbocycles. The van der Waals surface area contributed by atoms with Gasteiger partial charge in [0.1, 0.15) is 17.7 Å². The maximum atomic E-state index is 12.2. The molecule has 1 N–H and O–H groups in total. The first-order chi connectivity index (χ1) is 15.1. The van der Waals surface area contributed by atoms with Gasteiger partial charge in [-0.05, 0) is 56.2 Å². The average molecular weight is 408 g/mol. The van der Waals surface area contributed by atoms with E-state index in [4.69, 9.17) is 4.98 Å². The van der Waals surface area contributed by atoms with Crippen LogP contribution in [0, 0.1) is 12.0 Å². The lowest BCUT2D eigenvalue weighted by Gasteiger charge is -2.10. The molecule has 0 aliphatic rings. The number of carbonyl (C=O) groups is 1. The third-order valence-corrected chi connectivity index (χ3v) is 4.57. The van der Waals surface area contributed by atoms with Crippen LogP contribution in [0.15, 0.2) is 73.2 Å². The van der Waals surface area contributed by atoms with E-state index in [-0.39, 0.29) is 11.9 Å². The molecule has 0 fully saturated rings. The van der Waals surface area contributed by atoms with Crippen LogP contribution >= 0.6 is 0 Å². The summed E-state index contributed by atoms with van der Waals surface area (Å²) >= 11 is 0. The molecular formula is C24H20N6O. The quantitative estimate of drug-likeness (QED) is 0.411. The van der Waals surface area contributed by atoms with Crippen LogP contribution < -0.4 is 5.32 Å². The number of nitrogens with zero attached hydrogens (tertiary/aromatic N) is 5. The molecule has 152 valence electrons. The maximum absolute atomic E-state index is 12.2. The first-order valence-electron chi connectivity index (χ1n) is 9.82. The fourth-order valence-electron chi connectivity index (χ4n) is 3.02. The van der Waals surface area contributed by atoms with Crippen molar-refractivity contribution in [3.8, 4) is 34.9 Å². The molecule has 0 radical (unpaired) electrons. The van der Waals surface area contributed by atoms with Crippen LogP contribution in [0.5, 0.6) is 0 Å². The molecule has 3 heterocycles. The molecule has 3 aromatic heterocycles. The second kappa shape index (κ2) is 9.01. The average Bonchev–Trinajstić information content (AvgIpc) is 3.30. The number of aromatic nitrogens is 5. The maximum Gasteiger partial charge on any atom is 0.262 e. The smallest absolute Gasteiger partial charge is 0.262 e. The van der Waals surface area contributed by atoms with Crippen LogP contribution in [0.2, 0.25) is 0 Å². The molecule has 31 heavy (non-hydrogen) atoms. The van der Waals surface area contributed by atoms with Gasteiger partial charge in [0.05, 0.1) is 11.3 Å². The predicted molar refractivity (Wildman–Crippen MR) is 118 cm³/mol. The number of rotatable bonds is 4. The number of amides is 1. The fourth-order valence-corrected chi connectivity index (χ4v) is 3.02. The summed E-state index contributed by atoms with van der Waals surface area (Å²) in [6.07, 6.45) is 3.38. The SMILES string of the molecule is CC(C)n1cnnc1-c1cccc(-c2ncccc2C#CNC(=O)c2ccccc2)n1. The minimum Gasteiger partial charge on any atom is -0.310 e. The lowest BCUT2D eigenvalue weighted by atomic mass is 10.1. The van der Waals surface area contributed by atoms with E-state index in [2.05, 4.69) is 46.3 Å². The van der Waals surface area contributed by atoms with E-state index in [1.807, 2.05) is 34.9 Å². The van der Waals surface area contributed by atoms with Crippen LogP contribution in [0.4, 0.5) is 0 Å². The minimum absolute atomic E-state index is 0.208. The second-order valence-corrected chi connectivity index (χ2v) is 7.03. The summed E-state index contributed by atoms with van der Waals surface area (Å²) in [5.41, 5.74) is 3.19. The monoisotopic (exact) mass is 408 g/mol. The van der Waals surface area contributed by atoms with Crippen molar-refractivity contribution in [3.05, 3.63) is 84.3 Å². The van der Waals surface area contributed by atoms with Crippen molar-refractivity contribution in [2.75, 3.05) is 0 Å². The first kappa shape index (κ1) is 20.0. The Kier molecular flexibility index (Phi) is 5.81. The summed E-state index contributed by atoms with van der Waals surface area (Å²) in [6.45, 7) is 4.12. The van der Waals surface area contributed by atoms with Gasteiger partial charge in [0, 0.05) is 23.8 Å². The molecule has 0 atom stereocenters. The Hall–Kier alpha value is -4.31. The number of pyridine rings is 2. The van der Waals surface area contributed by atoms with Crippen molar-refractivity contribution < 1.29 is 4.79 Å². The summed E-state index contributed by atoms with van der Waals surface area (Å²) in [5, 5.41) is 10.8. The Labute approximate surface area is 180 Å². The Bertz CT molecular complexity index is 1270. The molecule has 4 rings (SSSR count). The highest BCUT2D eigenvalue weighted by atomic mass is 16.1. The van der Waals surface area contributed by atoms with Gasteiger partial charge in [-0.15, -0.1) is 10.2 Å². The lowest BCUT2D eigenvalue weighted by molar-refractivity contribution is 0.0973. The highest BCUT2D eigenvalue weighted by Crippen LogP contribution is 2.23. The van der Waals surface area contributed by atoms with Crippen molar-refractivity contribution in [2.24, 2.45) is 0 Å². The van der Waals surface area contributed by atoms with Crippen LogP contribution in [0.3, 0.4) is 0 Å². The molecule has 7 heteroatoms. The van der Waals surface area contributed by atoms with E-state index in [1.165, 1.54) is 0 Å². The fraction of sp³-hybridized carbons (Fsp3) is 0.125. The first-order valence-corrected chi connectivity index (χ1v) is 9.82. The topological polar surface area (TPSA) is 85.6 Å². The summed E-state index contributed by atoms with van der Waals surface area (Å²) in [6, 6.07) is 21.2. The molecule has 0 aliphatic carbocycles. The van der Waals surface area contributed by atoms with E-state index < -0.39 is 0 Å². The van der Waals surface area contributed by atoms with Gasteiger partial charge in [-0.25, -0.2) is 4.98 Å². The van der Waals surface area contributed by atoms with Crippen molar-refractivity contribution in [2.45, 2.75) is 19.9 Å². The highest BCUT2D eigenvalue weighted by Gasteiger charge is 2.13. The molecule has 0 aliphatic heterocycles. The van der Waals surface area contributed by atoms with Crippen molar-refractivity contribution in [1.29, 1.82) is 0 Å². The van der Waals surface area contributed by atoms with Gasteiger partial charge in [-0.3, -0.25) is 15.1 Å². The second-order valence-electron chi connectivity index (χ2n) is 7.03. The van der Waals surface area contributed by atoms with E-state index in [9.17, 15) is 4.79 Å². The van der Waals surface area contributed by atoms with Crippen molar-refractivity contribution >= 4 is 5.91 Å². The summed E-state index contributed by atoms with van der Waals surface area (Å²) in [5.74, 6) is 3.41. The molecule has 0 saturated heterocycles. The molecule has 0 saturated carbocycles. The van der Waals surface area contributed by atoms with Crippen LogP contribution in [0.1, 0.15) is 35.8 Å². The molecule has 0 unspecified atom stereocenters. The highest BCUT2D eigenvalue weighted by molar-refractivity contribution is 5.95. The van der Waals surface area contributed by atoms with Crippen molar-refractivity contribution in [3.63, 3.8) is 0 Å². The Morgan fingerprint density at radius 1 is 1.00 bits per heavy atom. The van der Waals surface area contributed by atoms with Gasteiger partial charge in [-0.2, -0.15) is 0 Å². The Morgan fingerprint density at radius 3 is 2.61 bits per heavy atom. The van der Waals surface area contributed by atoms with E-state index in [0.29, 0.717) is 34.0 Å². The van der Waals surface area contributed by atoms with Crippen LogP contribution in [-0.4, -0.2) is 30.6 Å². The zero-order valence-corrected chi connectivity index (χ0v) is 17.1. The lowest BCUT2D eigenvalue weighted by Crippen LogP contribution is -2.17. The molecule has 7 nitrogen and oxygen atoms in total. The largest absolute Gasteiger partial charge is 0.310 e. The van der Waals surface area contributed by atoms with Crippen LogP contribution in [0.25, 0.3) is 22.9 Å². The minimum atomic E-state index is -0.258. The van der Waals surface area contributed by atoms with Gasteiger partial charge in [0.2, 0.25) is 0 Å². The van der Waals surface area contributed by atoms with Gasteiger partial charge < -0.3 is 4.57 Å². The Balaban J connectivity index is 1.63. The van der Waals surface area contributed by atoms with Gasteiger partial charge in [0.15, 0.2) is 5.82 Å². The summed E-state index contributed by atoms with van der Waals surface area (Å²) in [4.78, 5) is 21.4. The van der Waals surface area contributed by atoms with E-state index >= 15 is 0 Å². The predicted octanol–water partition coefficient (Wildman–Crippen LogP) is 3.72. The zero-order valence-electron chi connectivity index (χ0n) is 17.1. The number of hydrogen-bond donors (Lipinski definition) is 1. The number of carbonyl (C=O) groups excluding carboxylic acids is 1. The zero-order chi connectivity index (χ0) is 21.6. The normalized spacial score (nSPS) is 10.4. The molecule has 0 bridgehead atoms. The number of hydrogen-bond acceptors (Lipinski definition) is 5. The van der Waals surface area contributed by atoms with E-state index in [0.717, 1.165) is 0 Å². The third-order valence-electron chi connectivity index (χ3n) is 4.57. The van der Waals surface area contributed by atoms with Gasteiger partial charge >= 0.3 is 0 Å². The van der Waals surface area contributed by atoms with E-state index in [1.54, 1.807) is 42.9 Å². The molecule has 0 spiro atoms. The molecular weight excluding hydrogens is 388 g/mol. The molecule has 4 aromatic rings. The van der Waals surface area contributed by atoms with Gasteiger partial charge in [-0.1, -0.05) is 24.3 Å². The summed E-state index contributed by atoms with van der Waals surface area (Å²) in [7, 11) is 0. The Morgan fingerprint density at radius 2 is 1.81 bits per heavy atom. The van der Waals surface area contributed by atoms with Crippen molar-refractivity contribution in [1.82, 2.24) is 30.0 Å². The standard InChI is InChI=1S/C24H20N6O/c1-17(2)30-16-27-29-23(30)21-12-6-11-20(28-21)22-18(10-7-14-25-22)13-15-26-24(31)19-8-4-3-5-9-19/h3-12,14,16-17H,1-2H3,(H,26,31). The third kappa shape index (κ3) is 4.49. The van der Waals surface area contributed by atoms with Crippen LogP contribution in [-0.2, 0) is 0 Å². The van der Waals surface area contributed by atoms with Gasteiger partial charge in [0.25, 0.3) is 5.91 Å². The number of nitrogens with one attached hydrogen (secondary N) is 1.